The van der Waals surface area contributed by atoms with Gasteiger partial charge in [-0.1, -0.05) is 57.5 Å². The third kappa shape index (κ3) is 4.29. The number of nitrogens with zero attached hydrogens (tertiary/aromatic N) is 3. The SMILES string of the molecule is O=C(CSc1ncc(-c2ccc(Br)cc2)n1-c1cccc(Cl)c1)N1CCCC1. The van der Waals surface area contributed by atoms with Gasteiger partial charge in [-0.3, -0.25) is 9.36 Å². The van der Waals surface area contributed by atoms with E-state index in [0.717, 1.165) is 52.5 Å². The molecule has 144 valence electrons. The standard InChI is InChI=1S/C21H19BrClN3OS/c22-16-8-6-15(7-9-16)19-13-24-21(26(19)18-5-3-4-17(23)12-18)28-14-20(27)25-10-1-2-11-25/h3-9,12-13H,1-2,10-11,14H2. The van der Waals surface area contributed by atoms with Crippen LogP contribution in [0, 0.1) is 0 Å². The quantitative estimate of drug-likeness (QED) is 0.445. The second-order valence-corrected chi connectivity index (χ2v) is 8.92. The zero-order chi connectivity index (χ0) is 19.5. The van der Waals surface area contributed by atoms with Gasteiger partial charge < -0.3 is 4.90 Å². The smallest absolute Gasteiger partial charge is 0.233 e. The first-order valence-corrected chi connectivity index (χ1v) is 11.3. The van der Waals surface area contributed by atoms with Crippen molar-refractivity contribution in [3.63, 3.8) is 0 Å². The Kier molecular flexibility index (Phi) is 6.09. The normalized spacial score (nSPS) is 13.9. The first-order valence-electron chi connectivity index (χ1n) is 9.12. The summed E-state index contributed by atoms with van der Waals surface area (Å²) in [5.74, 6) is 0.561. The Morgan fingerprint density at radius 2 is 1.89 bits per heavy atom. The molecule has 4 nitrogen and oxygen atoms in total. The minimum absolute atomic E-state index is 0.174. The fourth-order valence-corrected chi connectivity index (χ4v) is 4.65. The molecular weight excluding hydrogens is 458 g/mol. The summed E-state index contributed by atoms with van der Waals surface area (Å²) in [6, 6.07) is 15.8. The fourth-order valence-electron chi connectivity index (χ4n) is 3.31. The van der Waals surface area contributed by atoms with Gasteiger partial charge in [0.15, 0.2) is 5.16 Å². The van der Waals surface area contributed by atoms with E-state index in [-0.39, 0.29) is 5.91 Å². The Hall–Kier alpha value is -1.76. The highest BCUT2D eigenvalue weighted by molar-refractivity contribution is 9.10. The molecule has 3 aromatic rings. The van der Waals surface area contributed by atoms with E-state index in [9.17, 15) is 4.79 Å². The number of rotatable bonds is 5. The van der Waals surface area contributed by atoms with E-state index < -0.39 is 0 Å². The van der Waals surface area contributed by atoms with Crippen molar-refractivity contribution in [2.75, 3.05) is 18.8 Å². The molecule has 0 N–H and O–H groups in total. The summed E-state index contributed by atoms with van der Waals surface area (Å²) in [5, 5.41) is 1.45. The van der Waals surface area contributed by atoms with Crippen molar-refractivity contribution >= 4 is 45.2 Å². The van der Waals surface area contributed by atoms with Crippen LogP contribution >= 0.6 is 39.3 Å². The average molecular weight is 477 g/mol. The number of hydrogen-bond acceptors (Lipinski definition) is 3. The molecule has 2 heterocycles. The number of imidazole rings is 1. The van der Waals surface area contributed by atoms with Crippen molar-refractivity contribution < 1.29 is 4.79 Å². The number of hydrogen-bond donors (Lipinski definition) is 0. The van der Waals surface area contributed by atoms with Gasteiger partial charge in [-0.25, -0.2) is 4.98 Å². The summed E-state index contributed by atoms with van der Waals surface area (Å²) in [7, 11) is 0. The number of aromatic nitrogens is 2. The molecule has 1 aliphatic rings. The summed E-state index contributed by atoms with van der Waals surface area (Å²) >= 11 is 11.2. The van der Waals surface area contributed by atoms with Crippen LogP contribution in [-0.4, -0.2) is 39.2 Å². The third-order valence-corrected chi connectivity index (χ3v) is 6.42. The molecular formula is C21H19BrClN3OS. The highest BCUT2D eigenvalue weighted by atomic mass is 79.9. The largest absolute Gasteiger partial charge is 0.342 e. The van der Waals surface area contributed by atoms with E-state index in [2.05, 4.69) is 25.5 Å². The van der Waals surface area contributed by atoms with Crippen LogP contribution in [0.4, 0.5) is 0 Å². The first-order chi connectivity index (χ1) is 13.6. The topological polar surface area (TPSA) is 38.1 Å². The Morgan fingerprint density at radius 1 is 1.14 bits per heavy atom. The molecule has 0 unspecified atom stereocenters. The molecule has 0 bridgehead atoms. The number of carbonyl (C=O) groups is 1. The molecule has 0 radical (unpaired) electrons. The summed E-state index contributed by atoms with van der Waals surface area (Å²) in [5.41, 5.74) is 2.94. The second kappa shape index (κ2) is 8.72. The van der Waals surface area contributed by atoms with Gasteiger partial charge >= 0.3 is 0 Å². The Morgan fingerprint density at radius 3 is 2.61 bits per heavy atom. The summed E-state index contributed by atoms with van der Waals surface area (Å²) in [6.07, 6.45) is 4.05. The van der Waals surface area contributed by atoms with E-state index >= 15 is 0 Å². The molecule has 2 aromatic carbocycles. The van der Waals surface area contributed by atoms with Gasteiger partial charge in [-0.05, 0) is 43.2 Å². The van der Waals surface area contributed by atoms with Crippen molar-refractivity contribution in [1.29, 1.82) is 0 Å². The summed E-state index contributed by atoms with van der Waals surface area (Å²) in [6.45, 7) is 1.73. The number of carbonyl (C=O) groups excluding carboxylic acids is 1. The van der Waals surface area contributed by atoms with Gasteiger partial charge in [0.05, 0.1) is 17.6 Å². The number of halogens is 2. The van der Waals surface area contributed by atoms with E-state index in [4.69, 9.17) is 11.6 Å². The van der Waals surface area contributed by atoms with E-state index in [1.165, 1.54) is 11.8 Å². The van der Waals surface area contributed by atoms with Gasteiger partial charge in [-0.15, -0.1) is 0 Å². The summed E-state index contributed by atoms with van der Waals surface area (Å²) < 4.78 is 3.09. The van der Waals surface area contributed by atoms with Gasteiger partial charge in [0.25, 0.3) is 0 Å². The van der Waals surface area contributed by atoms with Crippen LogP contribution in [0.5, 0.6) is 0 Å². The lowest BCUT2D eigenvalue weighted by atomic mass is 10.1. The lowest BCUT2D eigenvalue weighted by molar-refractivity contribution is -0.127. The van der Waals surface area contributed by atoms with Crippen LogP contribution in [0.2, 0.25) is 5.02 Å². The average Bonchev–Trinajstić information content (AvgIpc) is 3.37. The van der Waals surface area contributed by atoms with E-state index in [1.807, 2.05) is 59.6 Å². The summed E-state index contributed by atoms with van der Waals surface area (Å²) in [4.78, 5) is 19.0. The molecule has 0 saturated carbocycles. The zero-order valence-electron chi connectivity index (χ0n) is 15.1. The number of thioether (sulfide) groups is 1. The minimum Gasteiger partial charge on any atom is -0.342 e. The van der Waals surface area contributed by atoms with Crippen LogP contribution in [0.3, 0.4) is 0 Å². The first kappa shape index (κ1) is 19.6. The van der Waals surface area contributed by atoms with E-state index in [1.54, 1.807) is 0 Å². The number of likely N-dealkylation sites (tertiary alicyclic amines) is 1. The van der Waals surface area contributed by atoms with Crippen LogP contribution < -0.4 is 0 Å². The lowest BCUT2D eigenvalue weighted by Crippen LogP contribution is -2.29. The highest BCUT2D eigenvalue weighted by Crippen LogP contribution is 2.31. The maximum atomic E-state index is 12.5. The van der Waals surface area contributed by atoms with Gasteiger partial charge in [-0.2, -0.15) is 0 Å². The monoisotopic (exact) mass is 475 g/mol. The van der Waals surface area contributed by atoms with Crippen molar-refractivity contribution in [3.8, 4) is 16.9 Å². The molecule has 1 aromatic heterocycles. The van der Waals surface area contributed by atoms with Crippen LogP contribution in [0.1, 0.15) is 12.8 Å². The minimum atomic E-state index is 0.174. The molecule has 7 heteroatoms. The molecule has 1 saturated heterocycles. The second-order valence-electron chi connectivity index (χ2n) is 6.62. The molecule has 1 fully saturated rings. The lowest BCUT2D eigenvalue weighted by Gasteiger charge is -2.16. The zero-order valence-corrected chi connectivity index (χ0v) is 18.3. The maximum absolute atomic E-state index is 12.5. The van der Waals surface area contributed by atoms with Crippen LogP contribution in [0.25, 0.3) is 16.9 Å². The predicted octanol–water partition coefficient (Wildman–Crippen LogP) is 5.67. The molecule has 0 atom stereocenters. The van der Waals surface area contributed by atoms with Gasteiger partial charge in [0.1, 0.15) is 0 Å². The van der Waals surface area contributed by atoms with Crippen LogP contribution in [0.15, 0.2) is 64.4 Å². The predicted molar refractivity (Wildman–Crippen MR) is 118 cm³/mol. The van der Waals surface area contributed by atoms with Gasteiger partial charge in [0, 0.05) is 33.8 Å². The molecule has 0 aliphatic carbocycles. The Bertz CT molecular complexity index is 984. The van der Waals surface area contributed by atoms with Crippen molar-refractivity contribution in [3.05, 3.63) is 64.2 Å². The number of amides is 1. The molecule has 1 aliphatic heterocycles. The van der Waals surface area contributed by atoms with E-state index in [0.29, 0.717) is 10.8 Å². The van der Waals surface area contributed by atoms with Crippen molar-refractivity contribution in [2.24, 2.45) is 0 Å². The molecule has 0 spiro atoms. The highest BCUT2D eigenvalue weighted by Gasteiger charge is 2.20. The maximum Gasteiger partial charge on any atom is 0.233 e. The molecule has 4 rings (SSSR count). The van der Waals surface area contributed by atoms with Crippen molar-refractivity contribution in [1.82, 2.24) is 14.5 Å². The van der Waals surface area contributed by atoms with Crippen molar-refractivity contribution in [2.45, 2.75) is 18.0 Å². The number of benzene rings is 2. The van der Waals surface area contributed by atoms with Gasteiger partial charge in [0.2, 0.25) is 5.91 Å². The fraction of sp³-hybridized carbons (Fsp3) is 0.238. The molecule has 28 heavy (non-hydrogen) atoms. The molecule has 1 amide bonds. The van der Waals surface area contributed by atoms with Crippen LogP contribution in [-0.2, 0) is 4.79 Å². The Balaban J connectivity index is 1.67. The Labute approximate surface area is 182 Å². The third-order valence-electron chi connectivity index (χ3n) is 4.72.